The van der Waals surface area contributed by atoms with E-state index in [2.05, 4.69) is 35.2 Å². The van der Waals surface area contributed by atoms with Crippen molar-refractivity contribution >= 4 is 5.78 Å². The van der Waals surface area contributed by atoms with Gasteiger partial charge in [-0.2, -0.15) is 0 Å². The second-order valence-electron chi connectivity index (χ2n) is 9.32. The van der Waals surface area contributed by atoms with Gasteiger partial charge in [-0.05, 0) is 68.2 Å². The number of nitrogens with zero attached hydrogens (tertiary/aromatic N) is 1. The second kappa shape index (κ2) is 8.50. The van der Waals surface area contributed by atoms with Crippen molar-refractivity contribution < 1.29 is 13.9 Å². The fourth-order valence-corrected chi connectivity index (χ4v) is 5.28. The summed E-state index contributed by atoms with van der Waals surface area (Å²) in [6, 6.07) is 15.9. The number of carbonyl (C=O) groups excluding carboxylic acids is 1. The number of piperidine rings is 2. The molecule has 2 atom stereocenters. The lowest BCUT2D eigenvalue weighted by Crippen LogP contribution is -2.52. The number of benzene rings is 2. The Kier molecular flexibility index (Phi) is 5.60. The molecule has 2 aromatic rings. The highest BCUT2D eigenvalue weighted by Crippen LogP contribution is 2.40. The first-order valence-corrected chi connectivity index (χ1v) is 11.4. The summed E-state index contributed by atoms with van der Waals surface area (Å²) in [6.07, 6.45) is 7.61. The van der Waals surface area contributed by atoms with E-state index in [1.807, 2.05) is 0 Å². The minimum absolute atomic E-state index is 0.0441. The second-order valence-corrected chi connectivity index (χ2v) is 9.32. The fraction of sp³-hybridized carbons (Fsp3) is 0.500. The van der Waals surface area contributed by atoms with Crippen LogP contribution in [-0.4, -0.2) is 29.4 Å². The number of halogens is 1. The topological polar surface area (TPSA) is 29.5 Å². The fourth-order valence-electron chi connectivity index (χ4n) is 5.28. The highest BCUT2D eigenvalue weighted by atomic mass is 19.1. The Morgan fingerprint density at radius 3 is 2.43 bits per heavy atom. The largest absolute Gasteiger partial charge is 0.493 e. The Morgan fingerprint density at radius 1 is 1.00 bits per heavy atom. The maximum atomic E-state index is 14.0. The van der Waals surface area contributed by atoms with Crippen LogP contribution in [0.2, 0.25) is 0 Å². The zero-order valence-electron chi connectivity index (χ0n) is 17.4. The number of Topliss-reactive ketones (excluding diaryl/α,β-unsaturated/α-hetero) is 1. The molecular formula is C26H30FNO2. The summed E-state index contributed by atoms with van der Waals surface area (Å²) in [6.45, 7) is 1.58. The third-order valence-electron chi connectivity index (χ3n) is 7.08. The number of rotatable bonds is 7. The molecule has 158 valence electrons. The Morgan fingerprint density at radius 2 is 1.73 bits per heavy atom. The molecular weight excluding hydrogens is 377 g/mol. The quantitative estimate of drug-likeness (QED) is 0.557. The van der Waals surface area contributed by atoms with E-state index in [9.17, 15) is 9.18 Å². The summed E-state index contributed by atoms with van der Waals surface area (Å²) in [5.41, 5.74) is 1.77. The molecule has 0 amide bonds. The Hall–Kier alpha value is -2.20. The number of hydrogen-bond donors (Lipinski definition) is 0. The van der Waals surface area contributed by atoms with Gasteiger partial charge in [0.15, 0.2) is 5.78 Å². The van der Waals surface area contributed by atoms with Gasteiger partial charge >= 0.3 is 0 Å². The van der Waals surface area contributed by atoms with Crippen LogP contribution in [0, 0.1) is 17.7 Å². The van der Waals surface area contributed by atoms with Crippen LogP contribution in [0.4, 0.5) is 4.39 Å². The van der Waals surface area contributed by atoms with Gasteiger partial charge in [-0.1, -0.05) is 36.8 Å². The molecule has 2 unspecified atom stereocenters. The average Bonchev–Trinajstić information content (AvgIpc) is 3.57. The third kappa shape index (κ3) is 4.29. The van der Waals surface area contributed by atoms with Crippen LogP contribution < -0.4 is 4.74 Å². The summed E-state index contributed by atoms with van der Waals surface area (Å²) in [4.78, 5) is 16.1. The van der Waals surface area contributed by atoms with Crippen molar-refractivity contribution in [1.82, 2.24) is 4.90 Å². The first kappa shape index (κ1) is 19.7. The molecule has 0 spiro atoms. The molecule has 0 N–H and O–H groups in total. The Labute approximate surface area is 178 Å². The maximum Gasteiger partial charge on any atom is 0.169 e. The van der Waals surface area contributed by atoms with Gasteiger partial charge in [0.2, 0.25) is 0 Å². The SMILES string of the molecule is O=C(c1cc(F)ccc1OCC1CC1)C1CC2CCCC(C1)N2Cc1ccccc1. The van der Waals surface area contributed by atoms with Gasteiger partial charge in [-0.15, -0.1) is 0 Å². The molecule has 1 saturated carbocycles. The van der Waals surface area contributed by atoms with Crippen LogP contribution in [0.1, 0.15) is 60.9 Å². The van der Waals surface area contributed by atoms with Crippen LogP contribution in [0.25, 0.3) is 0 Å². The standard InChI is InChI=1S/C26H30FNO2/c27-21-11-12-25(30-17-19-9-10-19)24(15-21)26(29)20-13-22-7-4-8-23(14-20)28(22)16-18-5-2-1-3-6-18/h1-3,5-6,11-12,15,19-20,22-23H,4,7-10,13-14,16-17H2. The molecule has 0 aromatic heterocycles. The van der Waals surface area contributed by atoms with E-state index < -0.39 is 0 Å². The van der Waals surface area contributed by atoms with Crippen molar-refractivity contribution in [3.8, 4) is 5.75 Å². The van der Waals surface area contributed by atoms with Crippen LogP contribution in [0.15, 0.2) is 48.5 Å². The van der Waals surface area contributed by atoms with E-state index in [0.29, 0.717) is 35.9 Å². The molecule has 3 nitrogen and oxygen atoms in total. The molecule has 30 heavy (non-hydrogen) atoms. The molecule has 2 heterocycles. The Bertz CT molecular complexity index is 881. The van der Waals surface area contributed by atoms with Gasteiger partial charge in [0.25, 0.3) is 0 Å². The molecule has 3 aliphatic rings. The number of fused-ring (bicyclic) bond motifs is 2. The highest BCUT2D eigenvalue weighted by molar-refractivity contribution is 6.00. The maximum absolute atomic E-state index is 14.0. The molecule has 4 heteroatoms. The minimum atomic E-state index is -0.362. The summed E-state index contributed by atoms with van der Waals surface area (Å²) in [5, 5.41) is 0. The third-order valence-corrected chi connectivity index (χ3v) is 7.08. The monoisotopic (exact) mass is 407 g/mol. The molecule has 2 aromatic carbocycles. The molecule has 2 bridgehead atoms. The molecule has 0 radical (unpaired) electrons. The summed E-state index contributed by atoms with van der Waals surface area (Å²) >= 11 is 0. The first-order valence-electron chi connectivity index (χ1n) is 11.4. The zero-order chi connectivity index (χ0) is 20.5. The summed E-state index contributed by atoms with van der Waals surface area (Å²) in [7, 11) is 0. The van der Waals surface area contributed by atoms with E-state index in [-0.39, 0.29) is 17.5 Å². The lowest BCUT2D eigenvalue weighted by molar-refractivity contribution is 0.00896. The highest BCUT2D eigenvalue weighted by Gasteiger charge is 2.41. The number of carbonyl (C=O) groups is 1. The van der Waals surface area contributed by atoms with Crippen molar-refractivity contribution in [3.05, 3.63) is 65.5 Å². The van der Waals surface area contributed by atoms with Gasteiger partial charge < -0.3 is 4.74 Å². The molecule has 1 aliphatic carbocycles. The lowest BCUT2D eigenvalue weighted by atomic mass is 9.75. The first-order chi connectivity index (χ1) is 14.7. The molecule has 2 saturated heterocycles. The van der Waals surface area contributed by atoms with Crippen molar-refractivity contribution in [1.29, 1.82) is 0 Å². The van der Waals surface area contributed by atoms with Gasteiger partial charge in [0.1, 0.15) is 11.6 Å². The smallest absolute Gasteiger partial charge is 0.169 e. The van der Waals surface area contributed by atoms with Gasteiger partial charge in [0, 0.05) is 24.5 Å². The van der Waals surface area contributed by atoms with E-state index in [1.165, 1.54) is 37.0 Å². The van der Waals surface area contributed by atoms with Crippen LogP contribution in [0.5, 0.6) is 5.75 Å². The Balaban J connectivity index is 1.32. The van der Waals surface area contributed by atoms with Gasteiger partial charge in [0.05, 0.1) is 12.2 Å². The summed E-state index contributed by atoms with van der Waals surface area (Å²) in [5.74, 6) is 0.816. The number of ether oxygens (including phenoxy) is 1. The van der Waals surface area contributed by atoms with E-state index in [4.69, 9.17) is 4.74 Å². The number of hydrogen-bond acceptors (Lipinski definition) is 3. The normalized spacial score (nSPS) is 26.4. The van der Waals surface area contributed by atoms with Crippen molar-refractivity contribution in [3.63, 3.8) is 0 Å². The van der Waals surface area contributed by atoms with Crippen molar-refractivity contribution in [2.75, 3.05) is 6.61 Å². The minimum Gasteiger partial charge on any atom is -0.493 e. The van der Waals surface area contributed by atoms with Crippen LogP contribution >= 0.6 is 0 Å². The van der Waals surface area contributed by atoms with Crippen LogP contribution in [-0.2, 0) is 6.54 Å². The summed E-state index contributed by atoms with van der Waals surface area (Å²) < 4.78 is 19.9. The van der Waals surface area contributed by atoms with E-state index in [0.717, 1.165) is 32.2 Å². The van der Waals surface area contributed by atoms with Crippen molar-refractivity contribution in [2.24, 2.45) is 11.8 Å². The average molecular weight is 408 g/mol. The van der Waals surface area contributed by atoms with Gasteiger partial charge in [-0.25, -0.2) is 4.39 Å². The lowest BCUT2D eigenvalue weighted by Gasteiger charge is -2.48. The molecule has 3 fully saturated rings. The van der Waals surface area contributed by atoms with E-state index >= 15 is 0 Å². The van der Waals surface area contributed by atoms with Crippen molar-refractivity contribution in [2.45, 2.75) is 63.6 Å². The molecule has 5 rings (SSSR count). The van der Waals surface area contributed by atoms with E-state index in [1.54, 1.807) is 6.07 Å². The zero-order valence-corrected chi connectivity index (χ0v) is 17.4. The van der Waals surface area contributed by atoms with Gasteiger partial charge in [-0.3, -0.25) is 9.69 Å². The van der Waals surface area contributed by atoms with Crippen LogP contribution in [0.3, 0.4) is 0 Å². The predicted molar refractivity (Wildman–Crippen MR) is 115 cm³/mol. The number of ketones is 1. The molecule has 2 aliphatic heterocycles. The predicted octanol–water partition coefficient (Wildman–Crippen LogP) is 5.63.